The lowest BCUT2D eigenvalue weighted by molar-refractivity contribution is 1.21. The highest BCUT2D eigenvalue weighted by Gasteiger charge is 2.08. The second-order valence-electron chi connectivity index (χ2n) is 4.08. The Morgan fingerprint density at radius 1 is 1.33 bits per heavy atom. The summed E-state index contributed by atoms with van der Waals surface area (Å²) in [5.41, 5.74) is 3.52. The first kappa shape index (κ1) is 11.2. The Labute approximate surface area is 109 Å². The maximum Gasteiger partial charge on any atom is 0.156 e. The molecule has 1 aromatic heterocycles. The number of hydrogen-bond donors (Lipinski definition) is 1. The molecular weight excluding hydrogens is 248 g/mol. The maximum absolute atomic E-state index is 5.95. The molecule has 4 nitrogen and oxygen atoms in total. The Balaban J connectivity index is 2.05. The van der Waals surface area contributed by atoms with Crippen molar-refractivity contribution in [3.63, 3.8) is 0 Å². The average Bonchev–Trinajstić information content (AvgIpc) is 2.63. The zero-order valence-corrected chi connectivity index (χ0v) is 10.6. The number of benzene rings is 1. The monoisotopic (exact) mass is 258 g/mol. The molecule has 2 aromatic rings. The van der Waals surface area contributed by atoms with Crippen molar-refractivity contribution >= 4 is 40.3 Å². The Hall–Kier alpha value is -1.94. The van der Waals surface area contributed by atoms with Gasteiger partial charge in [0, 0.05) is 11.2 Å². The van der Waals surface area contributed by atoms with E-state index in [0.29, 0.717) is 11.6 Å². The maximum atomic E-state index is 5.95. The van der Waals surface area contributed by atoms with Gasteiger partial charge in [-0.3, -0.25) is 9.98 Å². The molecule has 0 saturated heterocycles. The number of rotatable bonds is 1. The van der Waals surface area contributed by atoms with Gasteiger partial charge in [-0.25, -0.2) is 4.98 Å². The number of hydrogen-bond acceptors (Lipinski definition) is 3. The predicted octanol–water partition coefficient (Wildman–Crippen LogP) is 3.10. The van der Waals surface area contributed by atoms with Gasteiger partial charge in [0.2, 0.25) is 0 Å². The van der Waals surface area contributed by atoms with Crippen LogP contribution in [-0.4, -0.2) is 28.4 Å². The largest absolute Gasteiger partial charge is 0.337 e. The van der Waals surface area contributed by atoms with Gasteiger partial charge in [-0.05, 0) is 31.2 Å². The fraction of sp³-hybridized carbons (Fsp3) is 0.154. The molecule has 1 aromatic carbocycles. The normalized spacial score (nSPS) is 15.4. The summed E-state index contributed by atoms with van der Waals surface area (Å²) in [6.45, 7) is 2.55. The second-order valence-corrected chi connectivity index (χ2v) is 4.51. The van der Waals surface area contributed by atoms with Crippen LogP contribution in [0.3, 0.4) is 0 Å². The van der Waals surface area contributed by atoms with Crippen LogP contribution in [0, 0.1) is 0 Å². The highest BCUT2D eigenvalue weighted by Crippen LogP contribution is 2.21. The van der Waals surface area contributed by atoms with E-state index in [0.717, 1.165) is 28.3 Å². The standard InChI is InChI=1S/C13H11ClN4/c1-8-7-16-11(4-5-15-8)13-17-10-3-2-9(14)6-12(10)18-13/h2-4,6-7H,5H2,1H3,(H,17,18). The van der Waals surface area contributed by atoms with Crippen LogP contribution in [0.15, 0.2) is 34.3 Å². The summed E-state index contributed by atoms with van der Waals surface area (Å²) in [5.74, 6) is 0.744. The predicted molar refractivity (Wildman–Crippen MR) is 75.5 cm³/mol. The van der Waals surface area contributed by atoms with Gasteiger partial charge in [-0.1, -0.05) is 11.6 Å². The van der Waals surface area contributed by atoms with Crippen molar-refractivity contribution in [2.45, 2.75) is 6.92 Å². The number of nitrogens with zero attached hydrogens (tertiary/aromatic N) is 3. The van der Waals surface area contributed by atoms with Crippen molar-refractivity contribution in [3.8, 4) is 0 Å². The number of fused-ring (bicyclic) bond motifs is 1. The van der Waals surface area contributed by atoms with Crippen LogP contribution in [0.2, 0.25) is 5.02 Å². The van der Waals surface area contributed by atoms with E-state index in [1.54, 1.807) is 6.21 Å². The minimum atomic E-state index is 0.624. The summed E-state index contributed by atoms with van der Waals surface area (Å²) in [7, 11) is 0. The molecule has 0 fully saturated rings. The molecule has 0 aliphatic carbocycles. The topological polar surface area (TPSA) is 53.4 Å². The van der Waals surface area contributed by atoms with E-state index in [4.69, 9.17) is 11.6 Å². The van der Waals surface area contributed by atoms with Crippen LogP contribution in [0.4, 0.5) is 0 Å². The summed E-state index contributed by atoms with van der Waals surface area (Å²) in [6.07, 6.45) is 3.70. The molecule has 1 N–H and O–H groups in total. The number of aromatic amines is 1. The molecule has 18 heavy (non-hydrogen) atoms. The molecule has 0 amide bonds. The number of halogens is 1. The van der Waals surface area contributed by atoms with Gasteiger partial charge in [0.15, 0.2) is 5.82 Å². The van der Waals surface area contributed by atoms with Gasteiger partial charge in [-0.15, -0.1) is 0 Å². The summed E-state index contributed by atoms with van der Waals surface area (Å²) in [4.78, 5) is 16.4. The number of H-pyrrole nitrogens is 1. The van der Waals surface area contributed by atoms with E-state index < -0.39 is 0 Å². The third kappa shape index (κ3) is 2.07. The summed E-state index contributed by atoms with van der Waals surface area (Å²) >= 11 is 5.95. The van der Waals surface area contributed by atoms with E-state index in [-0.39, 0.29) is 0 Å². The van der Waals surface area contributed by atoms with Crippen molar-refractivity contribution in [1.82, 2.24) is 9.97 Å². The summed E-state index contributed by atoms with van der Waals surface area (Å²) in [6, 6.07) is 5.57. The van der Waals surface area contributed by atoms with Crippen LogP contribution < -0.4 is 0 Å². The van der Waals surface area contributed by atoms with E-state index in [1.807, 2.05) is 31.2 Å². The minimum Gasteiger partial charge on any atom is -0.337 e. The summed E-state index contributed by atoms with van der Waals surface area (Å²) < 4.78 is 0. The molecule has 90 valence electrons. The van der Waals surface area contributed by atoms with E-state index in [9.17, 15) is 0 Å². The van der Waals surface area contributed by atoms with E-state index in [1.165, 1.54) is 0 Å². The van der Waals surface area contributed by atoms with Crippen LogP contribution in [-0.2, 0) is 0 Å². The SMILES string of the molecule is CC1=NCC=C(c2nc3ccc(Cl)cc3[nH]2)N=C1. The molecule has 0 radical (unpaired) electrons. The molecule has 0 atom stereocenters. The molecule has 1 aliphatic heterocycles. The lowest BCUT2D eigenvalue weighted by Gasteiger charge is -1.93. The molecule has 0 saturated carbocycles. The van der Waals surface area contributed by atoms with Gasteiger partial charge in [0.25, 0.3) is 0 Å². The van der Waals surface area contributed by atoms with Gasteiger partial charge in [0.1, 0.15) is 5.70 Å². The minimum absolute atomic E-state index is 0.624. The molecule has 5 heteroatoms. The van der Waals surface area contributed by atoms with Crippen molar-refractivity contribution in [1.29, 1.82) is 0 Å². The lowest BCUT2D eigenvalue weighted by atomic mass is 10.3. The molecule has 0 spiro atoms. The first-order valence-electron chi connectivity index (χ1n) is 5.63. The van der Waals surface area contributed by atoms with E-state index >= 15 is 0 Å². The first-order valence-corrected chi connectivity index (χ1v) is 6.01. The van der Waals surface area contributed by atoms with Gasteiger partial charge in [0.05, 0.1) is 23.3 Å². The third-order valence-electron chi connectivity index (χ3n) is 2.70. The number of aromatic nitrogens is 2. The van der Waals surface area contributed by atoms with Crippen molar-refractivity contribution in [2.75, 3.05) is 6.54 Å². The van der Waals surface area contributed by atoms with Gasteiger partial charge in [-0.2, -0.15) is 0 Å². The highest BCUT2D eigenvalue weighted by molar-refractivity contribution is 6.31. The van der Waals surface area contributed by atoms with Gasteiger partial charge >= 0.3 is 0 Å². The fourth-order valence-electron chi connectivity index (χ4n) is 1.79. The second kappa shape index (κ2) is 4.38. The van der Waals surface area contributed by atoms with Gasteiger partial charge < -0.3 is 4.98 Å². The van der Waals surface area contributed by atoms with Crippen LogP contribution in [0.5, 0.6) is 0 Å². The molecule has 1 aliphatic rings. The van der Waals surface area contributed by atoms with Crippen molar-refractivity contribution in [2.24, 2.45) is 9.98 Å². The van der Waals surface area contributed by atoms with Crippen LogP contribution in [0.25, 0.3) is 16.7 Å². The number of nitrogens with one attached hydrogen (secondary N) is 1. The Kier molecular flexibility index (Phi) is 2.72. The average molecular weight is 259 g/mol. The Morgan fingerprint density at radius 3 is 3.11 bits per heavy atom. The van der Waals surface area contributed by atoms with E-state index in [2.05, 4.69) is 20.0 Å². The number of aliphatic imine (C=N–C) groups is 2. The highest BCUT2D eigenvalue weighted by atomic mass is 35.5. The lowest BCUT2D eigenvalue weighted by Crippen LogP contribution is -1.91. The van der Waals surface area contributed by atoms with Crippen LogP contribution in [0.1, 0.15) is 12.7 Å². The fourth-order valence-corrected chi connectivity index (χ4v) is 1.97. The van der Waals surface area contributed by atoms with Crippen molar-refractivity contribution in [3.05, 3.63) is 35.1 Å². The van der Waals surface area contributed by atoms with Crippen molar-refractivity contribution < 1.29 is 0 Å². The molecule has 0 unspecified atom stereocenters. The molecule has 2 heterocycles. The third-order valence-corrected chi connectivity index (χ3v) is 2.94. The number of imidazole rings is 1. The summed E-state index contributed by atoms with van der Waals surface area (Å²) in [5, 5.41) is 0.690. The molecular formula is C13H11ClN4. The zero-order chi connectivity index (χ0) is 12.5. The Morgan fingerprint density at radius 2 is 2.22 bits per heavy atom. The van der Waals surface area contributed by atoms with Crippen LogP contribution >= 0.6 is 11.6 Å². The molecule has 3 rings (SSSR count). The quantitative estimate of drug-likeness (QED) is 0.840. The molecule has 0 bridgehead atoms. The zero-order valence-electron chi connectivity index (χ0n) is 9.81. The first-order chi connectivity index (χ1) is 8.72. The smallest absolute Gasteiger partial charge is 0.156 e. The Bertz CT molecular complexity index is 694.